The molecular formula is C21H15Cl2F3N2O3S2. The molecule has 174 valence electrons. The topological polar surface area (TPSA) is 75.3 Å². The minimum absolute atomic E-state index is 0.0230. The molecule has 2 N–H and O–H groups in total. The van der Waals surface area contributed by atoms with Crippen LogP contribution in [0.15, 0.2) is 64.4 Å². The largest absolute Gasteiger partial charge is 0.416 e. The average molecular weight is 535 g/mol. The van der Waals surface area contributed by atoms with Gasteiger partial charge in [0.15, 0.2) is 0 Å². The summed E-state index contributed by atoms with van der Waals surface area (Å²) in [7, 11) is -4.11. The molecule has 3 rings (SSSR count). The van der Waals surface area contributed by atoms with Crippen LogP contribution in [-0.2, 0) is 16.2 Å². The van der Waals surface area contributed by atoms with E-state index in [1.54, 1.807) is 0 Å². The summed E-state index contributed by atoms with van der Waals surface area (Å²) in [6, 6.07) is 10.8. The van der Waals surface area contributed by atoms with Crippen molar-refractivity contribution in [2.24, 2.45) is 0 Å². The third kappa shape index (κ3) is 5.94. The van der Waals surface area contributed by atoms with Gasteiger partial charge in [0.2, 0.25) is 0 Å². The first-order valence-electron chi connectivity index (χ1n) is 9.08. The van der Waals surface area contributed by atoms with Crippen LogP contribution in [-0.4, -0.2) is 14.3 Å². The average Bonchev–Trinajstić information content (AvgIpc) is 2.72. The summed E-state index contributed by atoms with van der Waals surface area (Å²) in [5, 5.41) is 2.83. The Hall–Kier alpha value is -2.40. The molecule has 5 nitrogen and oxygen atoms in total. The summed E-state index contributed by atoms with van der Waals surface area (Å²) in [6.45, 7) is 1.49. The zero-order valence-corrected chi connectivity index (χ0v) is 19.9. The van der Waals surface area contributed by atoms with Gasteiger partial charge >= 0.3 is 6.18 Å². The van der Waals surface area contributed by atoms with Gasteiger partial charge in [-0.15, -0.1) is 12.6 Å². The van der Waals surface area contributed by atoms with Crippen LogP contribution in [0.5, 0.6) is 0 Å². The zero-order valence-electron chi connectivity index (χ0n) is 16.7. The molecule has 0 heterocycles. The van der Waals surface area contributed by atoms with Crippen molar-refractivity contribution in [3.05, 3.63) is 81.3 Å². The van der Waals surface area contributed by atoms with Crippen LogP contribution in [0.3, 0.4) is 0 Å². The minimum Gasteiger partial charge on any atom is -0.322 e. The number of nitrogens with one attached hydrogen (secondary N) is 2. The number of carbonyl (C=O) groups excluding carboxylic acids is 1. The zero-order chi connectivity index (χ0) is 24.6. The molecule has 0 saturated carbocycles. The van der Waals surface area contributed by atoms with Crippen LogP contribution >= 0.6 is 35.8 Å². The Kier molecular flexibility index (Phi) is 7.23. The molecule has 0 bridgehead atoms. The number of halogens is 5. The first-order chi connectivity index (χ1) is 15.3. The standard InChI is InChI=1S/C21H15Cl2F3N2O3S2/c1-11-18(8-12(9-19(11)32)21(24,25)26)27-20(29)16-10-14(23)4-7-17(16)28-33(30,31)15-5-2-13(22)3-6-15/h2-10,28,32H,1H3,(H,27,29). The predicted molar refractivity (Wildman–Crippen MR) is 125 cm³/mol. The van der Waals surface area contributed by atoms with E-state index in [4.69, 9.17) is 23.2 Å². The number of carbonyl (C=O) groups is 1. The van der Waals surface area contributed by atoms with Gasteiger partial charge in [-0.3, -0.25) is 9.52 Å². The van der Waals surface area contributed by atoms with Gasteiger partial charge in [0.05, 0.1) is 21.7 Å². The van der Waals surface area contributed by atoms with Gasteiger partial charge < -0.3 is 5.32 Å². The molecule has 0 spiro atoms. The highest BCUT2D eigenvalue weighted by Crippen LogP contribution is 2.35. The fraction of sp³-hybridized carbons (Fsp3) is 0.0952. The van der Waals surface area contributed by atoms with Crippen LogP contribution in [0.1, 0.15) is 21.5 Å². The summed E-state index contributed by atoms with van der Waals surface area (Å²) in [6.07, 6.45) is -4.65. The molecule has 3 aromatic rings. The first kappa shape index (κ1) is 25.2. The Morgan fingerprint density at radius 1 is 0.939 bits per heavy atom. The Labute approximate surface area is 203 Å². The summed E-state index contributed by atoms with van der Waals surface area (Å²) < 4.78 is 67.3. The molecule has 3 aromatic carbocycles. The lowest BCUT2D eigenvalue weighted by atomic mass is 10.1. The van der Waals surface area contributed by atoms with Gasteiger partial charge in [0.25, 0.3) is 15.9 Å². The lowest BCUT2D eigenvalue weighted by Crippen LogP contribution is -2.19. The van der Waals surface area contributed by atoms with Crippen LogP contribution in [0.25, 0.3) is 0 Å². The van der Waals surface area contributed by atoms with E-state index < -0.39 is 27.7 Å². The van der Waals surface area contributed by atoms with E-state index in [2.05, 4.69) is 22.7 Å². The Bertz CT molecular complexity index is 1330. The number of thiol groups is 1. The Balaban J connectivity index is 1.98. The highest BCUT2D eigenvalue weighted by Gasteiger charge is 2.32. The normalized spacial score (nSPS) is 11.8. The van der Waals surface area contributed by atoms with Crippen molar-refractivity contribution in [3.63, 3.8) is 0 Å². The third-order valence-corrected chi connectivity index (χ3v) is 6.88. The highest BCUT2D eigenvalue weighted by molar-refractivity contribution is 7.92. The molecule has 0 unspecified atom stereocenters. The number of hydrogen-bond acceptors (Lipinski definition) is 4. The van der Waals surface area contributed by atoms with Gasteiger partial charge in [0, 0.05) is 20.6 Å². The van der Waals surface area contributed by atoms with Gasteiger partial charge in [-0.05, 0) is 67.1 Å². The van der Waals surface area contributed by atoms with E-state index in [0.717, 1.165) is 12.1 Å². The van der Waals surface area contributed by atoms with Crippen molar-refractivity contribution < 1.29 is 26.4 Å². The van der Waals surface area contributed by atoms with Gasteiger partial charge in [-0.1, -0.05) is 23.2 Å². The molecule has 1 amide bonds. The van der Waals surface area contributed by atoms with Crippen LogP contribution in [0.2, 0.25) is 10.0 Å². The van der Waals surface area contributed by atoms with E-state index >= 15 is 0 Å². The Morgan fingerprint density at radius 2 is 1.55 bits per heavy atom. The number of sulfonamides is 1. The molecule has 0 saturated heterocycles. The number of alkyl halides is 3. The second-order valence-corrected chi connectivity index (χ2v) is 9.91. The lowest BCUT2D eigenvalue weighted by Gasteiger charge is -2.16. The molecule has 0 aliphatic heterocycles. The maximum Gasteiger partial charge on any atom is 0.416 e. The molecule has 0 aromatic heterocycles. The number of rotatable bonds is 5. The first-order valence-corrected chi connectivity index (χ1v) is 11.8. The van der Waals surface area contributed by atoms with Crippen molar-refractivity contribution in [1.29, 1.82) is 0 Å². The fourth-order valence-electron chi connectivity index (χ4n) is 2.79. The molecule has 0 fully saturated rings. The monoisotopic (exact) mass is 534 g/mol. The van der Waals surface area contributed by atoms with Crippen molar-refractivity contribution in [2.45, 2.75) is 22.9 Å². The second-order valence-electron chi connectivity index (χ2n) is 6.87. The van der Waals surface area contributed by atoms with Gasteiger partial charge in [0.1, 0.15) is 0 Å². The van der Waals surface area contributed by atoms with E-state index in [9.17, 15) is 26.4 Å². The van der Waals surface area contributed by atoms with E-state index in [1.165, 1.54) is 49.4 Å². The fourth-order valence-corrected chi connectivity index (χ4v) is 4.43. The SMILES string of the molecule is Cc1c(S)cc(C(F)(F)F)cc1NC(=O)c1cc(Cl)ccc1NS(=O)(=O)c1ccc(Cl)cc1. The molecule has 0 aliphatic rings. The van der Waals surface area contributed by atoms with Gasteiger partial charge in [-0.25, -0.2) is 8.42 Å². The number of anilines is 2. The van der Waals surface area contributed by atoms with Crippen LogP contribution < -0.4 is 10.0 Å². The predicted octanol–water partition coefficient (Wildman–Crippen LogP) is 6.66. The molecule has 0 atom stereocenters. The summed E-state index contributed by atoms with van der Waals surface area (Å²) in [5.41, 5.74) is -1.15. The smallest absolute Gasteiger partial charge is 0.322 e. The molecular weight excluding hydrogens is 520 g/mol. The van der Waals surface area contributed by atoms with E-state index in [-0.39, 0.29) is 31.8 Å². The third-order valence-electron chi connectivity index (χ3n) is 4.55. The maximum atomic E-state index is 13.2. The number of benzene rings is 3. The van der Waals surface area contributed by atoms with Crippen molar-refractivity contribution in [2.75, 3.05) is 10.0 Å². The summed E-state index contributed by atoms with van der Waals surface area (Å²) in [4.78, 5) is 12.9. The van der Waals surface area contributed by atoms with Crippen LogP contribution in [0.4, 0.5) is 24.5 Å². The van der Waals surface area contributed by atoms with Crippen molar-refractivity contribution in [1.82, 2.24) is 0 Å². The lowest BCUT2D eigenvalue weighted by molar-refractivity contribution is -0.137. The highest BCUT2D eigenvalue weighted by atomic mass is 35.5. The quantitative estimate of drug-likeness (QED) is 0.320. The van der Waals surface area contributed by atoms with Crippen molar-refractivity contribution in [3.8, 4) is 0 Å². The molecule has 33 heavy (non-hydrogen) atoms. The van der Waals surface area contributed by atoms with Crippen molar-refractivity contribution >= 4 is 63.1 Å². The maximum absolute atomic E-state index is 13.2. The van der Waals surface area contributed by atoms with E-state index in [0.29, 0.717) is 10.6 Å². The Morgan fingerprint density at radius 3 is 2.15 bits per heavy atom. The van der Waals surface area contributed by atoms with Gasteiger partial charge in [-0.2, -0.15) is 13.2 Å². The second kappa shape index (κ2) is 9.46. The molecule has 0 aliphatic carbocycles. The molecule has 0 radical (unpaired) electrons. The van der Waals surface area contributed by atoms with Crippen LogP contribution in [0, 0.1) is 6.92 Å². The minimum atomic E-state index is -4.65. The summed E-state index contributed by atoms with van der Waals surface area (Å²) >= 11 is 15.8. The van der Waals surface area contributed by atoms with E-state index in [1.807, 2.05) is 0 Å². The summed E-state index contributed by atoms with van der Waals surface area (Å²) in [5.74, 6) is -0.874. The molecule has 12 heteroatoms. The number of amides is 1. The number of hydrogen-bond donors (Lipinski definition) is 3.